The summed E-state index contributed by atoms with van der Waals surface area (Å²) in [5.74, 6) is 0.498. The van der Waals surface area contributed by atoms with Gasteiger partial charge in [-0.1, -0.05) is 29.3 Å². The lowest BCUT2D eigenvalue weighted by Gasteiger charge is -2.27. The second-order valence-electron chi connectivity index (χ2n) is 6.07. The van der Waals surface area contributed by atoms with E-state index in [2.05, 4.69) is 0 Å². The Morgan fingerprint density at radius 3 is 2.68 bits per heavy atom. The number of hydrogen-bond donors (Lipinski definition) is 0. The normalized spacial score (nSPS) is 19.0. The van der Waals surface area contributed by atoms with Crippen molar-refractivity contribution in [2.24, 2.45) is 0 Å². The lowest BCUT2D eigenvalue weighted by molar-refractivity contribution is -0.133. The van der Waals surface area contributed by atoms with E-state index in [1.54, 1.807) is 35.2 Å². The zero-order valence-corrected chi connectivity index (χ0v) is 15.6. The van der Waals surface area contributed by atoms with Crippen LogP contribution in [0, 0.1) is 0 Å². The van der Waals surface area contributed by atoms with E-state index < -0.39 is 9.84 Å². The highest BCUT2D eigenvalue weighted by Crippen LogP contribution is 2.25. The highest BCUT2D eigenvalue weighted by Gasteiger charge is 2.35. The second kappa shape index (κ2) is 7.40. The Balaban J connectivity index is 1.81. The average Bonchev–Trinajstić information content (AvgIpc) is 3.16. The van der Waals surface area contributed by atoms with Crippen molar-refractivity contribution in [3.05, 3.63) is 58.0 Å². The fourth-order valence-corrected chi connectivity index (χ4v) is 5.15. The molecule has 25 heavy (non-hydrogen) atoms. The molecule has 1 fully saturated rings. The van der Waals surface area contributed by atoms with Crippen LogP contribution in [0.5, 0.6) is 0 Å². The SMILES string of the molecule is O=C(Cc1ccc(Cl)cc1Cl)N(Cc1ccco1)[C@@H]1CCS(=O)(=O)C1. The van der Waals surface area contributed by atoms with E-state index in [1.807, 2.05) is 0 Å². The van der Waals surface area contributed by atoms with E-state index in [0.717, 1.165) is 0 Å². The van der Waals surface area contributed by atoms with Gasteiger partial charge in [0.15, 0.2) is 9.84 Å². The molecule has 2 aromatic rings. The fourth-order valence-electron chi connectivity index (χ4n) is 2.94. The van der Waals surface area contributed by atoms with Crippen molar-refractivity contribution in [3.8, 4) is 0 Å². The summed E-state index contributed by atoms with van der Waals surface area (Å²) in [4.78, 5) is 14.4. The third-order valence-electron chi connectivity index (χ3n) is 4.23. The lowest BCUT2D eigenvalue weighted by Crippen LogP contribution is -2.41. The minimum absolute atomic E-state index is 0.0200. The van der Waals surface area contributed by atoms with Gasteiger partial charge in [-0.2, -0.15) is 0 Å². The van der Waals surface area contributed by atoms with Gasteiger partial charge in [0, 0.05) is 16.1 Å². The number of hydrogen-bond acceptors (Lipinski definition) is 4. The van der Waals surface area contributed by atoms with Gasteiger partial charge in [-0.25, -0.2) is 8.42 Å². The first-order valence-electron chi connectivity index (χ1n) is 7.80. The minimum Gasteiger partial charge on any atom is -0.467 e. The van der Waals surface area contributed by atoms with Gasteiger partial charge < -0.3 is 9.32 Å². The Bertz CT molecular complexity index is 865. The first-order chi connectivity index (χ1) is 11.8. The average molecular weight is 402 g/mol. The number of halogens is 2. The summed E-state index contributed by atoms with van der Waals surface area (Å²) in [6.45, 7) is 0.233. The minimum atomic E-state index is -3.11. The van der Waals surface area contributed by atoms with Crippen LogP contribution in [0.25, 0.3) is 0 Å². The molecule has 1 saturated heterocycles. The van der Waals surface area contributed by atoms with E-state index in [0.29, 0.717) is 27.8 Å². The van der Waals surface area contributed by atoms with Gasteiger partial charge in [0.1, 0.15) is 5.76 Å². The summed E-state index contributed by atoms with van der Waals surface area (Å²) >= 11 is 12.0. The Morgan fingerprint density at radius 2 is 2.08 bits per heavy atom. The van der Waals surface area contributed by atoms with E-state index >= 15 is 0 Å². The van der Waals surface area contributed by atoms with Gasteiger partial charge in [0.2, 0.25) is 5.91 Å². The Hall–Kier alpha value is -1.50. The topological polar surface area (TPSA) is 67.6 Å². The molecule has 0 spiro atoms. The number of carbonyl (C=O) groups is 1. The van der Waals surface area contributed by atoms with Crippen molar-refractivity contribution in [1.29, 1.82) is 0 Å². The molecular weight excluding hydrogens is 385 g/mol. The molecule has 5 nitrogen and oxygen atoms in total. The number of carbonyl (C=O) groups excluding carboxylic acids is 1. The van der Waals surface area contributed by atoms with Gasteiger partial charge in [-0.05, 0) is 36.2 Å². The molecule has 0 saturated carbocycles. The number of nitrogens with zero attached hydrogens (tertiary/aromatic N) is 1. The first kappa shape index (κ1) is 18.3. The molecule has 134 valence electrons. The number of rotatable bonds is 5. The monoisotopic (exact) mass is 401 g/mol. The Labute approximate surface area is 156 Å². The summed E-state index contributed by atoms with van der Waals surface area (Å²) in [5.41, 5.74) is 0.654. The van der Waals surface area contributed by atoms with Gasteiger partial charge in [-0.15, -0.1) is 0 Å². The zero-order chi connectivity index (χ0) is 18.0. The van der Waals surface area contributed by atoms with Crippen LogP contribution in [-0.2, 0) is 27.6 Å². The van der Waals surface area contributed by atoms with Crippen LogP contribution < -0.4 is 0 Å². The molecule has 1 aromatic heterocycles. The van der Waals surface area contributed by atoms with Crippen molar-refractivity contribution in [1.82, 2.24) is 4.90 Å². The maximum Gasteiger partial charge on any atom is 0.227 e. The zero-order valence-electron chi connectivity index (χ0n) is 13.3. The third kappa shape index (κ3) is 4.57. The molecule has 3 rings (SSSR count). The molecule has 1 aliphatic rings. The summed E-state index contributed by atoms with van der Waals surface area (Å²) in [6, 6.07) is 8.11. The molecular formula is C17H17Cl2NO4S. The molecule has 8 heteroatoms. The molecule has 0 N–H and O–H groups in total. The molecule has 0 bridgehead atoms. The predicted molar refractivity (Wildman–Crippen MR) is 96.5 cm³/mol. The van der Waals surface area contributed by atoms with Gasteiger partial charge >= 0.3 is 0 Å². The van der Waals surface area contributed by atoms with E-state index in [9.17, 15) is 13.2 Å². The standard InChI is InChI=1S/C17H17Cl2NO4S/c18-13-4-3-12(16(19)9-13)8-17(21)20(10-15-2-1-6-24-15)14-5-7-25(22,23)11-14/h1-4,6,9,14H,5,7-8,10-11H2/t14-/m1/s1. The smallest absolute Gasteiger partial charge is 0.227 e. The van der Waals surface area contributed by atoms with Crippen molar-refractivity contribution in [2.75, 3.05) is 11.5 Å². The lowest BCUT2D eigenvalue weighted by atomic mass is 10.1. The van der Waals surface area contributed by atoms with Crippen molar-refractivity contribution < 1.29 is 17.6 Å². The molecule has 1 amide bonds. The molecule has 0 radical (unpaired) electrons. The van der Waals surface area contributed by atoms with Crippen LogP contribution in [0.1, 0.15) is 17.7 Å². The number of benzene rings is 1. The first-order valence-corrected chi connectivity index (χ1v) is 10.4. The maximum absolute atomic E-state index is 12.9. The number of sulfone groups is 1. The predicted octanol–water partition coefficient (Wildman–Crippen LogP) is 3.34. The number of amides is 1. The second-order valence-corrected chi connectivity index (χ2v) is 9.14. The quantitative estimate of drug-likeness (QED) is 0.770. The van der Waals surface area contributed by atoms with E-state index in [-0.39, 0.29) is 36.4 Å². The summed E-state index contributed by atoms with van der Waals surface area (Å²) < 4.78 is 29.0. The van der Waals surface area contributed by atoms with Gasteiger partial charge in [-0.3, -0.25) is 4.79 Å². The summed E-state index contributed by atoms with van der Waals surface area (Å²) in [7, 11) is -3.11. The van der Waals surface area contributed by atoms with E-state index in [4.69, 9.17) is 27.6 Å². The van der Waals surface area contributed by atoms with Gasteiger partial charge in [0.05, 0.1) is 30.7 Å². The number of furan rings is 1. The summed E-state index contributed by atoms with van der Waals surface area (Å²) in [6.07, 6.45) is 2.04. The maximum atomic E-state index is 12.9. The molecule has 1 aliphatic heterocycles. The van der Waals surface area contributed by atoms with Crippen molar-refractivity contribution in [3.63, 3.8) is 0 Å². The van der Waals surface area contributed by atoms with Crippen molar-refractivity contribution >= 4 is 38.9 Å². The van der Waals surface area contributed by atoms with E-state index in [1.165, 1.54) is 6.26 Å². The molecule has 0 unspecified atom stereocenters. The van der Waals surface area contributed by atoms with Gasteiger partial charge in [0.25, 0.3) is 0 Å². The fraction of sp³-hybridized carbons (Fsp3) is 0.353. The third-order valence-corrected chi connectivity index (χ3v) is 6.57. The van der Waals surface area contributed by atoms with Crippen LogP contribution in [0.4, 0.5) is 0 Å². The largest absolute Gasteiger partial charge is 0.467 e. The highest BCUT2D eigenvalue weighted by atomic mass is 35.5. The van der Waals surface area contributed by atoms with Crippen LogP contribution in [0.2, 0.25) is 10.0 Å². The Morgan fingerprint density at radius 1 is 1.28 bits per heavy atom. The highest BCUT2D eigenvalue weighted by molar-refractivity contribution is 7.91. The molecule has 1 aromatic carbocycles. The molecule has 0 aliphatic carbocycles. The van der Waals surface area contributed by atoms with Crippen LogP contribution >= 0.6 is 23.2 Å². The Kier molecular flexibility index (Phi) is 5.41. The van der Waals surface area contributed by atoms with Crippen LogP contribution in [0.3, 0.4) is 0 Å². The van der Waals surface area contributed by atoms with Crippen LogP contribution in [0.15, 0.2) is 41.0 Å². The van der Waals surface area contributed by atoms with Crippen molar-refractivity contribution in [2.45, 2.75) is 25.4 Å². The van der Waals surface area contributed by atoms with Crippen LogP contribution in [-0.4, -0.2) is 36.8 Å². The molecule has 1 atom stereocenters. The molecule has 2 heterocycles. The summed E-state index contributed by atoms with van der Waals surface area (Å²) in [5, 5.41) is 0.911.